The van der Waals surface area contributed by atoms with Crippen LogP contribution in [0.1, 0.15) is 62.5 Å². The van der Waals surface area contributed by atoms with E-state index in [1.165, 1.54) is 22.0 Å². The van der Waals surface area contributed by atoms with Gasteiger partial charge in [-0.15, -0.1) is 0 Å². The maximum Gasteiger partial charge on any atom is 0.226 e. The van der Waals surface area contributed by atoms with Crippen LogP contribution in [0.5, 0.6) is 0 Å². The number of hydrogen-bond acceptors (Lipinski definition) is 4. The third-order valence-electron chi connectivity index (χ3n) is 7.99. The summed E-state index contributed by atoms with van der Waals surface area (Å²) < 4.78 is 0. The van der Waals surface area contributed by atoms with Crippen molar-refractivity contribution in [2.24, 2.45) is 5.92 Å². The van der Waals surface area contributed by atoms with Gasteiger partial charge in [-0.2, -0.15) is 5.10 Å². The lowest BCUT2D eigenvalue weighted by molar-refractivity contribution is -0.137. The van der Waals surface area contributed by atoms with Crippen LogP contribution in [0.3, 0.4) is 0 Å². The van der Waals surface area contributed by atoms with Gasteiger partial charge in [-0.05, 0) is 73.4 Å². The lowest BCUT2D eigenvalue weighted by Crippen LogP contribution is -2.45. The van der Waals surface area contributed by atoms with Gasteiger partial charge in [0.05, 0.1) is 17.8 Å². The van der Waals surface area contributed by atoms with E-state index in [-0.39, 0.29) is 5.92 Å². The molecule has 7 nitrogen and oxygen atoms in total. The molecule has 2 saturated heterocycles. The Morgan fingerprint density at radius 1 is 1.11 bits per heavy atom. The van der Waals surface area contributed by atoms with Crippen LogP contribution in [0, 0.1) is 5.92 Å². The lowest BCUT2D eigenvalue weighted by Gasteiger charge is -2.35. The number of fused-ring (bicyclic) bond motifs is 2. The average Bonchev–Trinajstić information content (AvgIpc) is 3.53. The van der Waals surface area contributed by atoms with Gasteiger partial charge in [0, 0.05) is 47.7 Å². The third kappa shape index (κ3) is 4.01. The smallest absolute Gasteiger partial charge is 0.226 e. The van der Waals surface area contributed by atoms with Crippen molar-refractivity contribution in [3.8, 4) is 11.3 Å². The van der Waals surface area contributed by atoms with E-state index in [1.807, 2.05) is 12.4 Å². The predicted octanol–water partition coefficient (Wildman–Crippen LogP) is 4.94. The summed E-state index contributed by atoms with van der Waals surface area (Å²) in [7, 11) is 0. The van der Waals surface area contributed by atoms with Crippen LogP contribution < -0.4 is 5.32 Å². The van der Waals surface area contributed by atoms with Gasteiger partial charge in [0.25, 0.3) is 0 Å². The predicted molar refractivity (Wildman–Crippen MR) is 139 cm³/mol. The van der Waals surface area contributed by atoms with Gasteiger partial charge in [-0.3, -0.25) is 9.89 Å². The Hall–Kier alpha value is -3.19. The van der Waals surface area contributed by atoms with Crippen molar-refractivity contribution in [2.75, 3.05) is 26.2 Å². The minimum absolute atomic E-state index is 0.165. The summed E-state index contributed by atoms with van der Waals surface area (Å²) >= 11 is 0. The van der Waals surface area contributed by atoms with Gasteiger partial charge in [0.15, 0.2) is 5.65 Å². The van der Waals surface area contributed by atoms with Crippen molar-refractivity contribution < 1.29 is 4.79 Å². The number of likely N-dealkylation sites (tertiary alicyclic amines) is 1. The Morgan fingerprint density at radius 3 is 2.74 bits per heavy atom. The Bertz CT molecular complexity index is 1350. The van der Waals surface area contributed by atoms with Crippen LogP contribution in [0.2, 0.25) is 0 Å². The molecule has 2 aliphatic rings. The summed E-state index contributed by atoms with van der Waals surface area (Å²) in [6, 6.07) is 8.98. The number of carbonyl (C=O) groups is 1. The highest BCUT2D eigenvalue weighted by atomic mass is 16.2. The number of carbonyl (C=O) groups excluding carboxylic acids is 1. The fourth-order valence-corrected chi connectivity index (χ4v) is 6.12. The number of aromatic nitrogens is 4. The third-order valence-corrected chi connectivity index (χ3v) is 7.99. The normalized spacial score (nSPS) is 19.7. The first-order valence-corrected chi connectivity index (χ1v) is 13.0. The SMILES string of the molecule is CC(C)c1c(-c2ccnc3[nH]ncc23)[nH]c2ccc(C3CCN(C(=O)C4CCCNC4)CC3)cc12. The number of hydrogen-bond donors (Lipinski definition) is 3. The van der Waals surface area contributed by atoms with Crippen molar-refractivity contribution in [3.05, 3.63) is 47.8 Å². The van der Waals surface area contributed by atoms with E-state index >= 15 is 0 Å². The molecular formula is C28H34N6O. The van der Waals surface area contributed by atoms with Gasteiger partial charge in [0.1, 0.15) is 0 Å². The van der Waals surface area contributed by atoms with E-state index in [9.17, 15) is 4.79 Å². The second kappa shape index (κ2) is 9.11. The topological polar surface area (TPSA) is 89.7 Å². The monoisotopic (exact) mass is 470 g/mol. The molecule has 2 aliphatic heterocycles. The second-order valence-electron chi connectivity index (χ2n) is 10.5. The molecule has 4 aromatic rings. The molecule has 6 rings (SSSR count). The molecule has 5 heterocycles. The molecular weight excluding hydrogens is 436 g/mol. The van der Waals surface area contributed by atoms with Crippen molar-refractivity contribution in [1.29, 1.82) is 0 Å². The zero-order chi connectivity index (χ0) is 23.9. The zero-order valence-corrected chi connectivity index (χ0v) is 20.6. The van der Waals surface area contributed by atoms with E-state index in [1.54, 1.807) is 0 Å². The minimum atomic E-state index is 0.165. The number of rotatable bonds is 4. The Morgan fingerprint density at radius 2 is 1.97 bits per heavy atom. The Labute approximate surface area is 205 Å². The van der Waals surface area contributed by atoms with Gasteiger partial charge in [0.2, 0.25) is 5.91 Å². The molecule has 1 aromatic carbocycles. The average molecular weight is 471 g/mol. The number of pyridine rings is 1. The molecule has 0 aliphatic carbocycles. The number of nitrogens with zero attached hydrogens (tertiary/aromatic N) is 3. The molecule has 7 heteroatoms. The lowest BCUT2D eigenvalue weighted by atomic mass is 9.87. The van der Waals surface area contributed by atoms with Crippen LogP contribution in [0.15, 0.2) is 36.7 Å². The largest absolute Gasteiger partial charge is 0.354 e. The summed E-state index contributed by atoms with van der Waals surface area (Å²) in [6.07, 6.45) is 7.90. The van der Waals surface area contributed by atoms with Crippen LogP contribution in [0.4, 0.5) is 0 Å². The molecule has 3 N–H and O–H groups in total. The molecule has 2 fully saturated rings. The quantitative estimate of drug-likeness (QED) is 0.394. The Balaban J connectivity index is 1.28. The fourth-order valence-electron chi connectivity index (χ4n) is 6.12. The van der Waals surface area contributed by atoms with E-state index in [0.717, 1.165) is 74.2 Å². The molecule has 0 radical (unpaired) electrons. The van der Waals surface area contributed by atoms with Gasteiger partial charge < -0.3 is 15.2 Å². The van der Waals surface area contributed by atoms with Gasteiger partial charge in [-0.25, -0.2) is 4.98 Å². The van der Waals surface area contributed by atoms with Crippen molar-refractivity contribution >= 4 is 27.8 Å². The molecule has 1 amide bonds. The van der Waals surface area contributed by atoms with E-state index in [0.29, 0.717) is 17.7 Å². The highest BCUT2D eigenvalue weighted by molar-refractivity contribution is 5.98. The first-order chi connectivity index (χ1) is 17.1. The summed E-state index contributed by atoms with van der Waals surface area (Å²) in [5, 5.41) is 12.9. The van der Waals surface area contributed by atoms with E-state index < -0.39 is 0 Å². The van der Waals surface area contributed by atoms with Crippen LogP contribution in [-0.2, 0) is 4.79 Å². The first-order valence-electron chi connectivity index (χ1n) is 13.0. The molecule has 35 heavy (non-hydrogen) atoms. The number of amides is 1. The number of nitrogens with one attached hydrogen (secondary N) is 3. The maximum absolute atomic E-state index is 13.0. The molecule has 1 unspecified atom stereocenters. The number of aromatic amines is 2. The van der Waals surface area contributed by atoms with Crippen LogP contribution >= 0.6 is 0 Å². The van der Waals surface area contributed by atoms with Gasteiger partial charge >= 0.3 is 0 Å². The standard InChI is InChI=1S/C28H34N6O/c1-17(2)25-22-14-19(18-8-12-34(13-9-18)28(35)20-4-3-10-29-15-20)5-6-24(22)32-26(25)21-7-11-30-27-23(21)16-31-33-27/h5-7,11,14,16-18,20,29,32H,3-4,8-10,12-13,15H2,1-2H3,(H,30,31,33). The van der Waals surface area contributed by atoms with Crippen LogP contribution in [0.25, 0.3) is 33.2 Å². The molecule has 0 bridgehead atoms. The highest BCUT2D eigenvalue weighted by Crippen LogP contribution is 2.40. The first kappa shape index (κ1) is 22.3. The Kier molecular flexibility index (Phi) is 5.80. The van der Waals surface area contributed by atoms with Crippen LogP contribution in [-0.4, -0.2) is 57.2 Å². The molecule has 0 spiro atoms. The molecule has 0 saturated carbocycles. The number of benzene rings is 1. The summed E-state index contributed by atoms with van der Waals surface area (Å²) in [5.41, 5.74) is 6.99. The number of piperidine rings is 2. The molecule has 1 atom stereocenters. The summed E-state index contributed by atoms with van der Waals surface area (Å²) in [5.74, 6) is 1.38. The van der Waals surface area contributed by atoms with Gasteiger partial charge in [-0.1, -0.05) is 19.9 Å². The maximum atomic E-state index is 13.0. The van der Waals surface area contributed by atoms with E-state index in [2.05, 4.69) is 68.5 Å². The minimum Gasteiger partial charge on any atom is -0.354 e. The number of H-pyrrole nitrogens is 2. The van der Waals surface area contributed by atoms with Crippen molar-refractivity contribution in [1.82, 2.24) is 30.4 Å². The zero-order valence-electron chi connectivity index (χ0n) is 20.6. The van der Waals surface area contributed by atoms with Crippen molar-refractivity contribution in [2.45, 2.75) is 51.4 Å². The van der Waals surface area contributed by atoms with Crippen molar-refractivity contribution in [3.63, 3.8) is 0 Å². The van der Waals surface area contributed by atoms with E-state index in [4.69, 9.17) is 0 Å². The second-order valence-corrected chi connectivity index (χ2v) is 10.5. The summed E-state index contributed by atoms with van der Waals surface area (Å²) in [4.78, 5) is 23.2. The highest BCUT2D eigenvalue weighted by Gasteiger charge is 2.30. The fraction of sp³-hybridized carbons (Fsp3) is 0.464. The molecule has 3 aromatic heterocycles. The summed E-state index contributed by atoms with van der Waals surface area (Å²) in [6.45, 7) is 8.13. The molecule has 182 valence electrons.